The van der Waals surface area contributed by atoms with Crippen LogP contribution in [-0.2, 0) is 13.6 Å². The van der Waals surface area contributed by atoms with E-state index in [1.165, 1.54) is 29.5 Å². The van der Waals surface area contributed by atoms with E-state index in [4.69, 9.17) is 4.74 Å². The van der Waals surface area contributed by atoms with Crippen molar-refractivity contribution in [3.63, 3.8) is 0 Å². The van der Waals surface area contributed by atoms with Crippen molar-refractivity contribution >= 4 is 0 Å². The van der Waals surface area contributed by atoms with Gasteiger partial charge >= 0.3 is 0 Å². The highest BCUT2D eigenvalue weighted by molar-refractivity contribution is 5.67. The molecule has 0 aliphatic heterocycles. The molecule has 3 rings (SSSR count). The Morgan fingerprint density at radius 1 is 1.40 bits per heavy atom. The second-order valence-electron chi connectivity index (χ2n) is 5.48. The van der Waals surface area contributed by atoms with Crippen LogP contribution in [0, 0.1) is 6.92 Å². The molecule has 0 amide bonds. The lowest BCUT2D eigenvalue weighted by Gasteiger charge is -2.11. The Hall–Kier alpha value is -1.81. The van der Waals surface area contributed by atoms with E-state index in [1.807, 2.05) is 24.7 Å². The average molecular weight is 271 g/mol. The molecule has 0 saturated heterocycles. The zero-order valence-electron chi connectivity index (χ0n) is 12.3. The summed E-state index contributed by atoms with van der Waals surface area (Å²) in [6.45, 7) is 2.91. The maximum Gasteiger partial charge on any atom is 0.123 e. The number of methoxy groups -OCH3 is 1. The van der Waals surface area contributed by atoms with Crippen molar-refractivity contribution in [1.82, 2.24) is 15.1 Å². The average Bonchev–Trinajstić information content (AvgIpc) is 3.20. The molecule has 0 bridgehead atoms. The lowest BCUT2D eigenvalue weighted by Crippen LogP contribution is -2.15. The number of aryl methyl sites for hydroxylation is 2. The predicted molar refractivity (Wildman–Crippen MR) is 79.8 cm³/mol. The molecule has 0 spiro atoms. The molecule has 20 heavy (non-hydrogen) atoms. The van der Waals surface area contributed by atoms with E-state index in [9.17, 15) is 0 Å². The Balaban J connectivity index is 1.91. The topological polar surface area (TPSA) is 39.1 Å². The van der Waals surface area contributed by atoms with Crippen molar-refractivity contribution < 1.29 is 4.74 Å². The minimum atomic E-state index is 0.698. The van der Waals surface area contributed by atoms with Crippen molar-refractivity contribution in [2.24, 2.45) is 7.05 Å². The molecule has 1 fully saturated rings. The second-order valence-corrected chi connectivity index (χ2v) is 5.48. The highest BCUT2D eigenvalue weighted by Crippen LogP contribution is 2.29. The third-order valence-electron chi connectivity index (χ3n) is 3.76. The molecule has 0 atom stereocenters. The van der Waals surface area contributed by atoms with Crippen molar-refractivity contribution in [1.29, 1.82) is 0 Å². The van der Waals surface area contributed by atoms with Crippen LogP contribution in [0.2, 0.25) is 0 Å². The van der Waals surface area contributed by atoms with Gasteiger partial charge in [-0.3, -0.25) is 4.68 Å². The van der Waals surface area contributed by atoms with Crippen molar-refractivity contribution in [2.75, 3.05) is 7.11 Å². The van der Waals surface area contributed by atoms with Crippen LogP contribution in [0.1, 0.15) is 24.1 Å². The monoisotopic (exact) mass is 271 g/mol. The Kier molecular flexibility index (Phi) is 3.49. The normalized spacial score (nSPS) is 14.6. The number of benzene rings is 1. The Morgan fingerprint density at radius 3 is 2.80 bits per heavy atom. The van der Waals surface area contributed by atoms with Crippen molar-refractivity contribution in [3.8, 4) is 16.9 Å². The van der Waals surface area contributed by atoms with Gasteiger partial charge in [0.1, 0.15) is 5.75 Å². The minimum absolute atomic E-state index is 0.698. The standard InChI is InChI=1S/C16H21N3O/c1-11-15(10-19(2)18-11)12-4-7-16(20-3)13(8-12)9-17-14-5-6-14/h4,7-8,10,14,17H,5-6,9H2,1-3H3. The molecule has 1 aromatic carbocycles. The number of rotatable bonds is 5. The van der Waals surface area contributed by atoms with Crippen LogP contribution in [0.5, 0.6) is 5.75 Å². The van der Waals surface area contributed by atoms with Crippen LogP contribution >= 0.6 is 0 Å². The molecule has 0 unspecified atom stereocenters. The highest BCUT2D eigenvalue weighted by Gasteiger charge is 2.20. The first kappa shape index (κ1) is 13.2. The lowest BCUT2D eigenvalue weighted by molar-refractivity contribution is 0.407. The summed E-state index contributed by atoms with van der Waals surface area (Å²) in [5.74, 6) is 0.948. The molecule has 2 aromatic rings. The van der Waals surface area contributed by atoms with Gasteiger partial charge in [-0.2, -0.15) is 5.10 Å². The molecule has 1 aliphatic carbocycles. The van der Waals surface area contributed by atoms with Gasteiger partial charge in [-0.1, -0.05) is 6.07 Å². The van der Waals surface area contributed by atoms with Crippen molar-refractivity contribution in [2.45, 2.75) is 32.4 Å². The van der Waals surface area contributed by atoms with Crippen LogP contribution in [0.15, 0.2) is 24.4 Å². The zero-order chi connectivity index (χ0) is 14.1. The lowest BCUT2D eigenvalue weighted by atomic mass is 10.0. The highest BCUT2D eigenvalue weighted by atomic mass is 16.5. The van der Waals surface area contributed by atoms with Gasteiger partial charge in [0.05, 0.1) is 12.8 Å². The van der Waals surface area contributed by atoms with Crippen LogP contribution < -0.4 is 10.1 Å². The Morgan fingerprint density at radius 2 is 2.20 bits per heavy atom. The summed E-state index contributed by atoms with van der Waals surface area (Å²) in [6.07, 6.45) is 4.66. The van der Waals surface area contributed by atoms with Gasteiger partial charge in [0.2, 0.25) is 0 Å². The molecular weight excluding hydrogens is 250 g/mol. The Bertz CT molecular complexity index is 614. The smallest absolute Gasteiger partial charge is 0.123 e. The van der Waals surface area contributed by atoms with E-state index < -0.39 is 0 Å². The van der Waals surface area contributed by atoms with Crippen LogP contribution in [0.25, 0.3) is 11.1 Å². The largest absolute Gasteiger partial charge is 0.496 e. The summed E-state index contributed by atoms with van der Waals surface area (Å²) < 4.78 is 7.32. The van der Waals surface area contributed by atoms with Gasteiger partial charge in [0.25, 0.3) is 0 Å². The summed E-state index contributed by atoms with van der Waals surface area (Å²) in [7, 11) is 3.68. The maximum absolute atomic E-state index is 5.46. The van der Waals surface area contributed by atoms with E-state index in [-0.39, 0.29) is 0 Å². The van der Waals surface area contributed by atoms with E-state index in [1.54, 1.807) is 7.11 Å². The summed E-state index contributed by atoms with van der Waals surface area (Å²) in [5, 5.41) is 7.96. The number of hydrogen-bond acceptors (Lipinski definition) is 3. The second kappa shape index (κ2) is 5.29. The van der Waals surface area contributed by atoms with Gasteiger partial charge in [0.15, 0.2) is 0 Å². The first-order valence-electron chi connectivity index (χ1n) is 7.08. The first-order chi connectivity index (χ1) is 9.67. The number of hydrogen-bond donors (Lipinski definition) is 1. The van der Waals surface area contributed by atoms with Gasteiger partial charge < -0.3 is 10.1 Å². The van der Waals surface area contributed by atoms with Gasteiger partial charge in [-0.15, -0.1) is 0 Å². The van der Waals surface area contributed by atoms with E-state index in [2.05, 4.69) is 28.7 Å². The molecule has 1 N–H and O–H groups in total. The van der Waals surface area contributed by atoms with Crippen LogP contribution in [0.3, 0.4) is 0 Å². The van der Waals surface area contributed by atoms with E-state index >= 15 is 0 Å². The summed E-state index contributed by atoms with van der Waals surface area (Å²) in [5.41, 5.74) is 4.64. The third-order valence-corrected chi connectivity index (χ3v) is 3.76. The van der Waals surface area contributed by atoms with Crippen LogP contribution in [0.4, 0.5) is 0 Å². The predicted octanol–water partition coefficient (Wildman–Crippen LogP) is 2.66. The van der Waals surface area contributed by atoms with E-state index in [0.29, 0.717) is 6.04 Å². The van der Waals surface area contributed by atoms with E-state index in [0.717, 1.165) is 18.0 Å². The molecule has 0 radical (unpaired) electrons. The number of nitrogens with one attached hydrogen (secondary N) is 1. The molecule has 1 saturated carbocycles. The summed E-state index contributed by atoms with van der Waals surface area (Å²) in [4.78, 5) is 0. The fourth-order valence-corrected chi connectivity index (χ4v) is 2.51. The van der Waals surface area contributed by atoms with Gasteiger partial charge in [-0.25, -0.2) is 0 Å². The van der Waals surface area contributed by atoms with Gasteiger partial charge in [-0.05, 0) is 37.5 Å². The van der Waals surface area contributed by atoms with Crippen LogP contribution in [-0.4, -0.2) is 22.9 Å². The number of ether oxygens (including phenoxy) is 1. The quantitative estimate of drug-likeness (QED) is 0.908. The molecule has 106 valence electrons. The maximum atomic E-state index is 5.46. The molecule has 1 heterocycles. The Labute approximate surface area is 119 Å². The fourth-order valence-electron chi connectivity index (χ4n) is 2.51. The summed E-state index contributed by atoms with van der Waals surface area (Å²) in [6, 6.07) is 7.05. The van der Waals surface area contributed by atoms with Gasteiger partial charge in [0, 0.05) is 37.0 Å². The molecule has 1 aromatic heterocycles. The SMILES string of the molecule is COc1ccc(-c2cn(C)nc2C)cc1CNC1CC1. The first-order valence-corrected chi connectivity index (χ1v) is 7.08. The number of aromatic nitrogens is 2. The molecule has 4 nitrogen and oxygen atoms in total. The molecule has 4 heteroatoms. The fraction of sp³-hybridized carbons (Fsp3) is 0.438. The van der Waals surface area contributed by atoms with Crippen molar-refractivity contribution in [3.05, 3.63) is 35.7 Å². The molecular formula is C16H21N3O. The zero-order valence-corrected chi connectivity index (χ0v) is 12.3. The summed E-state index contributed by atoms with van der Waals surface area (Å²) >= 11 is 0. The third kappa shape index (κ3) is 2.70. The molecule has 1 aliphatic rings. The number of nitrogens with zero attached hydrogens (tertiary/aromatic N) is 2. The minimum Gasteiger partial charge on any atom is -0.496 e.